The Morgan fingerprint density at radius 1 is 1.36 bits per heavy atom. The van der Waals surface area contributed by atoms with E-state index in [2.05, 4.69) is 9.24 Å². The van der Waals surface area contributed by atoms with Crippen molar-refractivity contribution >= 4 is 15.0 Å². The van der Waals surface area contributed by atoms with Gasteiger partial charge in [0.2, 0.25) is 0 Å². The normalized spacial score (nSPS) is 9.64. The highest BCUT2D eigenvalue weighted by Crippen LogP contribution is 2.04. The van der Waals surface area contributed by atoms with Crippen LogP contribution in [0.1, 0.15) is 10.4 Å². The average Bonchev–Trinajstić information content (AvgIpc) is 2.05. The second kappa shape index (κ2) is 3.59. The van der Waals surface area contributed by atoms with E-state index in [0.717, 1.165) is 0 Å². The third-order valence-electron chi connectivity index (χ3n) is 1.35. The van der Waals surface area contributed by atoms with E-state index in [1.54, 1.807) is 0 Å². The lowest BCUT2D eigenvalue weighted by Crippen LogP contribution is -1.98. The van der Waals surface area contributed by atoms with Gasteiger partial charge < -0.3 is 0 Å². The molecular weight excluding hydrogens is 162 g/mol. The maximum atomic E-state index is 12.3. The predicted octanol–water partition coefficient (Wildman–Crippen LogP) is 1.88. The van der Waals surface area contributed by atoms with Crippen molar-refractivity contribution in [1.29, 1.82) is 0 Å². The molecule has 0 aliphatic carbocycles. The fourth-order valence-corrected chi connectivity index (χ4v) is 0.989. The molecule has 0 fully saturated rings. The number of hydrogen-bond donors (Lipinski definition) is 0. The lowest BCUT2D eigenvalue weighted by Gasteiger charge is -1.95. The molecule has 0 saturated carbocycles. The number of ketones is 1. The van der Waals surface area contributed by atoms with Crippen molar-refractivity contribution in [3.8, 4) is 0 Å². The SMILES string of the molecule is O=C(CP)c1ccc(F)cc1. The Hall–Kier alpha value is -0.750. The first-order chi connectivity index (χ1) is 5.24. The minimum Gasteiger partial charge on any atom is -0.294 e. The average molecular weight is 170 g/mol. The number of rotatable bonds is 2. The summed E-state index contributed by atoms with van der Waals surface area (Å²) in [4.78, 5) is 11.0. The predicted molar refractivity (Wildman–Crippen MR) is 45.3 cm³/mol. The Balaban J connectivity index is 2.90. The summed E-state index contributed by atoms with van der Waals surface area (Å²) in [6, 6.07) is 5.55. The van der Waals surface area contributed by atoms with Crippen molar-refractivity contribution in [3.63, 3.8) is 0 Å². The summed E-state index contributed by atoms with van der Waals surface area (Å²) in [6.07, 6.45) is 0.381. The van der Waals surface area contributed by atoms with Crippen LogP contribution in [0.15, 0.2) is 24.3 Å². The zero-order chi connectivity index (χ0) is 8.27. The third kappa shape index (κ3) is 2.09. The number of benzene rings is 1. The molecule has 1 nitrogen and oxygen atoms in total. The smallest absolute Gasteiger partial charge is 0.166 e. The molecule has 0 aliphatic heterocycles. The van der Waals surface area contributed by atoms with Gasteiger partial charge in [0.05, 0.1) is 0 Å². The topological polar surface area (TPSA) is 17.1 Å². The van der Waals surface area contributed by atoms with Gasteiger partial charge in [-0.3, -0.25) is 4.79 Å². The minimum atomic E-state index is -0.315. The number of halogens is 1. The zero-order valence-electron chi connectivity index (χ0n) is 5.88. The largest absolute Gasteiger partial charge is 0.294 e. The summed E-state index contributed by atoms with van der Waals surface area (Å²) in [5.74, 6) is -0.305. The van der Waals surface area contributed by atoms with Crippen LogP contribution in [0, 0.1) is 5.82 Å². The van der Waals surface area contributed by atoms with Crippen LogP contribution < -0.4 is 0 Å². The Morgan fingerprint density at radius 3 is 2.36 bits per heavy atom. The van der Waals surface area contributed by atoms with Gasteiger partial charge in [-0.25, -0.2) is 4.39 Å². The maximum Gasteiger partial charge on any atom is 0.166 e. The van der Waals surface area contributed by atoms with E-state index in [1.807, 2.05) is 0 Å². The molecule has 0 saturated heterocycles. The Labute approximate surface area is 66.8 Å². The van der Waals surface area contributed by atoms with Gasteiger partial charge in [0.15, 0.2) is 5.78 Å². The number of Topliss-reactive ketones (excluding diaryl/α,β-unsaturated/α-hetero) is 1. The molecule has 1 atom stereocenters. The quantitative estimate of drug-likeness (QED) is 0.489. The zero-order valence-corrected chi connectivity index (χ0v) is 7.03. The second-order valence-corrected chi connectivity index (χ2v) is 2.54. The van der Waals surface area contributed by atoms with Crippen molar-refractivity contribution in [3.05, 3.63) is 35.6 Å². The van der Waals surface area contributed by atoms with E-state index in [0.29, 0.717) is 11.7 Å². The molecule has 0 bridgehead atoms. The van der Waals surface area contributed by atoms with Crippen molar-refractivity contribution in [1.82, 2.24) is 0 Å². The van der Waals surface area contributed by atoms with Gasteiger partial charge in [-0.1, -0.05) is 0 Å². The Morgan fingerprint density at radius 2 is 1.91 bits per heavy atom. The summed E-state index contributed by atoms with van der Waals surface area (Å²) in [5.41, 5.74) is 0.557. The van der Waals surface area contributed by atoms with Gasteiger partial charge in [-0.15, -0.1) is 9.24 Å². The van der Waals surface area contributed by atoms with Crippen molar-refractivity contribution in [2.24, 2.45) is 0 Å². The van der Waals surface area contributed by atoms with E-state index < -0.39 is 0 Å². The highest BCUT2D eigenvalue weighted by molar-refractivity contribution is 7.18. The number of hydrogen-bond acceptors (Lipinski definition) is 1. The van der Waals surface area contributed by atoms with Gasteiger partial charge in [0.1, 0.15) is 5.82 Å². The standard InChI is InChI=1S/C8H8FOP/c9-7-3-1-6(2-4-7)8(10)5-11/h1-4H,5,11H2. The summed E-state index contributed by atoms with van der Waals surface area (Å²) >= 11 is 0. The third-order valence-corrected chi connectivity index (χ3v) is 1.72. The molecule has 58 valence electrons. The number of carbonyl (C=O) groups is 1. The van der Waals surface area contributed by atoms with Crippen LogP contribution in [0.5, 0.6) is 0 Å². The molecule has 11 heavy (non-hydrogen) atoms. The molecule has 0 heterocycles. The molecule has 1 unspecified atom stereocenters. The molecular formula is C8H8FOP. The summed E-state index contributed by atoms with van der Waals surface area (Å²) in [5, 5.41) is 0. The van der Waals surface area contributed by atoms with Gasteiger partial charge in [0.25, 0.3) is 0 Å². The fourth-order valence-electron chi connectivity index (χ4n) is 0.754. The summed E-state index contributed by atoms with van der Waals surface area (Å²) < 4.78 is 12.3. The first-order valence-electron chi connectivity index (χ1n) is 3.23. The van der Waals surface area contributed by atoms with E-state index in [1.165, 1.54) is 24.3 Å². The van der Waals surface area contributed by atoms with Gasteiger partial charge in [-0.2, -0.15) is 0 Å². The Kier molecular flexibility index (Phi) is 2.72. The van der Waals surface area contributed by atoms with Gasteiger partial charge in [-0.05, 0) is 24.3 Å². The summed E-state index contributed by atoms with van der Waals surface area (Å²) in [7, 11) is 2.34. The van der Waals surface area contributed by atoms with Crippen LogP contribution in [0.2, 0.25) is 0 Å². The maximum absolute atomic E-state index is 12.3. The molecule has 0 amide bonds. The van der Waals surface area contributed by atoms with Gasteiger partial charge >= 0.3 is 0 Å². The lowest BCUT2D eigenvalue weighted by atomic mass is 10.1. The molecule has 0 radical (unpaired) electrons. The van der Waals surface area contributed by atoms with Gasteiger partial charge in [0, 0.05) is 11.7 Å². The van der Waals surface area contributed by atoms with Crippen LogP contribution in [0.25, 0.3) is 0 Å². The van der Waals surface area contributed by atoms with E-state index >= 15 is 0 Å². The molecule has 1 rings (SSSR count). The molecule has 0 spiro atoms. The van der Waals surface area contributed by atoms with Crippen LogP contribution in [0.3, 0.4) is 0 Å². The van der Waals surface area contributed by atoms with E-state index in [9.17, 15) is 9.18 Å². The molecule has 0 aliphatic rings. The van der Waals surface area contributed by atoms with Crippen LogP contribution in [-0.2, 0) is 0 Å². The molecule has 3 heteroatoms. The van der Waals surface area contributed by atoms with E-state index in [4.69, 9.17) is 0 Å². The van der Waals surface area contributed by atoms with Crippen molar-refractivity contribution < 1.29 is 9.18 Å². The minimum absolute atomic E-state index is 0.00926. The first-order valence-corrected chi connectivity index (χ1v) is 4.04. The monoisotopic (exact) mass is 170 g/mol. The van der Waals surface area contributed by atoms with E-state index in [-0.39, 0.29) is 11.6 Å². The molecule has 0 N–H and O–H groups in total. The summed E-state index contributed by atoms with van der Waals surface area (Å²) in [6.45, 7) is 0. The first kappa shape index (κ1) is 8.35. The van der Waals surface area contributed by atoms with Crippen LogP contribution in [-0.4, -0.2) is 11.9 Å². The van der Waals surface area contributed by atoms with Crippen molar-refractivity contribution in [2.45, 2.75) is 0 Å². The molecule has 0 aromatic heterocycles. The number of carbonyl (C=O) groups excluding carboxylic acids is 1. The lowest BCUT2D eigenvalue weighted by molar-refractivity contribution is 0.102. The van der Waals surface area contributed by atoms with Crippen molar-refractivity contribution in [2.75, 3.05) is 6.16 Å². The van der Waals surface area contributed by atoms with Crippen LogP contribution >= 0.6 is 9.24 Å². The fraction of sp³-hybridized carbons (Fsp3) is 0.125. The van der Waals surface area contributed by atoms with Crippen LogP contribution in [0.4, 0.5) is 4.39 Å². The highest BCUT2D eigenvalue weighted by atomic mass is 31.0. The molecule has 1 aromatic rings. The Bertz CT molecular complexity index is 255. The molecule has 1 aromatic carbocycles. The highest BCUT2D eigenvalue weighted by Gasteiger charge is 2.01. The second-order valence-electron chi connectivity index (χ2n) is 2.13.